The first kappa shape index (κ1) is 15.6. The topological polar surface area (TPSA) is 38.3 Å². The quantitative estimate of drug-likeness (QED) is 0.826. The third-order valence-electron chi connectivity index (χ3n) is 3.48. The predicted molar refractivity (Wildman–Crippen MR) is 84.7 cm³/mol. The second-order valence-corrected chi connectivity index (χ2v) is 6.91. The molecule has 3 nitrogen and oxygen atoms in total. The Morgan fingerprint density at radius 2 is 2.10 bits per heavy atom. The molecule has 0 bridgehead atoms. The Labute approximate surface area is 133 Å². The highest BCUT2D eigenvalue weighted by Gasteiger charge is 2.23. The molecule has 1 aliphatic rings. The summed E-state index contributed by atoms with van der Waals surface area (Å²) in [6, 6.07) is 7.35. The lowest BCUT2D eigenvalue weighted by Crippen LogP contribution is -2.44. The number of hydrogen-bond donors (Lipinski definition) is 1. The lowest BCUT2D eigenvalue weighted by molar-refractivity contribution is -0.128. The molecule has 2 rings (SSSR count). The van der Waals surface area contributed by atoms with Crippen molar-refractivity contribution in [3.63, 3.8) is 0 Å². The van der Waals surface area contributed by atoms with Gasteiger partial charge in [-0.1, -0.05) is 33.6 Å². The number of ether oxygens (including phenoxy) is 1. The van der Waals surface area contributed by atoms with E-state index in [1.165, 1.54) is 0 Å². The molecule has 1 fully saturated rings. The van der Waals surface area contributed by atoms with E-state index < -0.39 is 6.10 Å². The third-order valence-corrected chi connectivity index (χ3v) is 4.63. The normalized spacial score (nSPS) is 23.9. The van der Waals surface area contributed by atoms with Crippen molar-refractivity contribution < 1.29 is 9.53 Å². The van der Waals surface area contributed by atoms with Gasteiger partial charge in [0, 0.05) is 15.9 Å². The molecule has 1 unspecified atom stereocenters. The minimum atomic E-state index is -0.518. The molecule has 0 radical (unpaired) electrons. The molecule has 110 valence electrons. The molecular formula is C15H19BrClNO2. The molecule has 0 heterocycles. The number of halogens is 2. The number of amides is 1. The molecule has 1 aliphatic carbocycles. The van der Waals surface area contributed by atoms with Gasteiger partial charge in [-0.05, 0) is 50.8 Å². The molecule has 0 aromatic heterocycles. The van der Waals surface area contributed by atoms with Crippen molar-refractivity contribution in [3.05, 3.63) is 29.3 Å². The van der Waals surface area contributed by atoms with E-state index in [4.69, 9.17) is 16.3 Å². The highest BCUT2D eigenvalue weighted by molar-refractivity contribution is 9.09. The Bertz CT molecular complexity index is 461. The van der Waals surface area contributed by atoms with Crippen LogP contribution in [0.1, 0.15) is 32.6 Å². The second-order valence-electron chi connectivity index (χ2n) is 5.17. The van der Waals surface area contributed by atoms with Gasteiger partial charge in [0.15, 0.2) is 6.10 Å². The maximum atomic E-state index is 12.1. The molecule has 0 saturated heterocycles. The molecule has 1 amide bonds. The lowest BCUT2D eigenvalue weighted by Gasteiger charge is -2.27. The standard InChI is InChI=1S/C15H19BrClNO2/c1-10(20-14-4-2-3-12(17)9-14)15(19)18-13-7-5-11(16)6-8-13/h2-4,9-11,13H,5-8H2,1H3,(H,18,19). The summed E-state index contributed by atoms with van der Waals surface area (Å²) in [5, 5.41) is 3.66. The zero-order valence-corrected chi connectivity index (χ0v) is 13.8. The van der Waals surface area contributed by atoms with E-state index in [1.54, 1.807) is 31.2 Å². The van der Waals surface area contributed by atoms with Crippen LogP contribution in [-0.2, 0) is 4.79 Å². The first-order valence-electron chi connectivity index (χ1n) is 6.91. The van der Waals surface area contributed by atoms with Crippen molar-refractivity contribution >= 4 is 33.4 Å². The van der Waals surface area contributed by atoms with Gasteiger partial charge in [-0.15, -0.1) is 0 Å². The monoisotopic (exact) mass is 359 g/mol. The molecule has 1 atom stereocenters. The summed E-state index contributed by atoms with van der Waals surface area (Å²) in [7, 11) is 0. The smallest absolute Gasteiger partial charge is 0.260 e. The molecular weight excluding hydrogens is 342 g/mol. The first-order chi connectivity index (χ1) is 9.54. The zero-order chi connectivity index (χ0) is 14.5. The van der Waals surface area contributed by atoms with Gasteiger partial charge in [-0.25, -0.2) is 0 Å². The first-order valence-corrected chi connectivity index (χ1v) is 8.20. The lowest BCUT2D eigenvalue weighted by atomic mass is 9.95. The van der Waals surface area contributed by atoms with Crippen LogP contribution < -0.4 is 10.1 Å². The Hall–Kier alpha value is -0.740. The van der Waals surface area contributed by atoms with E-state index in [9.17, 15) is 4.79 Å². The van der Waals surface area contributed by atoms with Gasteiger partial charge in [0.25, 0.3) is 5.91 Å². The summed E-state index contributed by atoms with van der Waals surface area (Å²) in [5.41, 5.74) is 0. The van der Waals surface area contributed by atoms with Crippen LogP contribution in [0.25, 0.3) is 0 Å². The van der Waals surface area contributed by atoms with Crippen LogP contribution in [0.3, 0.4) is 0 Å². The third kappa shape index (κ3) is 4.67. The molecule has 1 aromatic rings. The fourth-order valence-corrected chi connectivity index (χ4v) is 3.02. The van der Waals surface area contributed by atoms with Crippen LogP contribution in [0, 0.1) is 0 Å². The average Bonchev–Trinajstić information content (AvgIpc) is 2.41. The summed E-state index contributed by atoms with van der Waals surface area (Å²) in [5.74, 6) is 0.548. The number of nitrogens with one attached hydrogen (secondary N) is 1. The molecule has 1 aromatic carbocycles. The van der Waals surface area contributed by atoms with Gasteiger partial charge >= 0.3 is 0 Å². The molecule has 0 aliphatic heterocycles. The SMILES string of the molecule is CC(Oc1cccc(Cl)c1)C(=O)NC1CCC(Br)CC1. The van der Waals surface area contributed by atoms with E-state index in [0.29, 0.717) is 15.6 Å². The van der Waals surface area contributed by atoms with E-state index >= 15 is 0 Å². The van der Waals surface area contributed by atoms with Crippen LogP contribution in [-0.4, -0.2) is 22.9 Å². The van der Waals surface area contributed by atoms with E-state index in [0.717, 1.165) is 25.7 Å². The minimum Gasteiger partial charge on any atom is -0.481 e. The average molecular weight is 361 g/mol. The Morgan fingerprint density at radius 3 is 2.75 bits per heavy atom. The van der Waals surface area contributed by atoms with Crippen LogP contribution >= 0.6 is 27.5 Å². The van der Waals surface area contributed by atoms with Crippen LogP contribution in [0.2, 0.25) is 5.02 Å². The molecule has 1 saturated carbocycles. The zero-order valence-electron chi connectivity index (χ0n) is 11.4. The highest BCUT2D eigenvalue weighted by Crippen LogP contribution is 2.24. The van der Waals surface area contributed by atoms with Crippen molar-refractivity contribution in [2.45, 2.75) is 49.6 Å². The molecule has 5 heteroatoms. The van der Waals surface area contributed by atoms with Gasteiger partial charge in [-0.2, -0.15) is 0 Å². The second kappa shape index (κ2) is 7.32. The minimum absolute atomic E-state index is 0.0667. The van der Waals surface area contributed by atoms with Gasteiger partial charge in [0.2, 0.25) is 0 Å². The van der Waals surface area contributed by atoms with Crippen LogP contribution in [0.4, 0.5) is 0 Å². The number of alkyl halides is 1. The summed E-state index contributed by atoms with van der Waals surface area (Å²) < 4.78 is 5.61. The van der Waals surface area contributed by atoms with E-state index in [2.05, 4.69) is 21.2 Å². The predicted octanol–water partition coefficient (Wildman–Crippen LogP) is 3.93. The molecule has 0 spiro atoms. The van der Waals surface area contributed by atoms with Crippen molar-refractivity contribution in [2.75, 3.05) is 0 Å². The van der Waals surface area contributed by atoms with Crippen molar-refractivity contribution in [1.82, 2.24) is 5.32 Å². The van der Waals surface area contributed by atoms with Crippen molar-refractivity contribution in [1.29, 1.82) is 0 Å². The molecule has 1 N–H and O–H groups in total. The van der Waals surface area contributed by atoms with Crippen molar-refractivity contribution in [3.8, 4) is 5.75 Å². The number of hydrogen-bond acceptors (Lipinski definition) is 2. The highest BCUT2D eigenvalue weighted by atomic mass is 79.9. The van der Waals surface area contributed by atoms with Gasteiger partial charge < -0.3 is 10.1 Å². The van der Waals surface area contributed by atoms with Gasteiger partial charge in [-0.3, -0.25) is 4.79 Å². The fourth-order valence-electron chi connectivity index (χ4n) is 2.31. The molecule has 20 heavy (non-hydrogen) atoms. The maximum absolute atomic E-state index is 12.1. The van der Waals surface area contributed by atoms with Crippen molar-refractivity contribution in [2.24, 2.45) is 0 Å². The fraction of sp³-hybridized carbons (Fsp3) is 0.533. The van der Waals surface area contributed by atoms with E-state index in [1.807, 2.05) is 0 Å². The van der Waals surface area contributed by atoms with E-state index in [-0.39, 0.29) is 11.9 Å². The van der Waals surface area contributed by atoms with Gasteiger partial charge in [0.05, 0.1) is 0 Å². The number of rotatable bonds is 4. The number of benzene rings is 1. The summed E-state index contributed by atoms with van der Waals surface area (Å²) in [4.78, 5) is 12.7. The summed E-state index contributed by atoms with van der Waals surface area (Å²) >= 11 is 9.50. The largest absolute Gasteiger partial charge is 0.481 e. The summed E-state index contributed by atoms with van der Waals surface area (Å²) in [6.45, 7) is 1.76. The van der Waals surface area contributed by atoms with Gasteiger partial charge in [0.1, 0.15) is 5.75 Å². The van der Waals surface area contributed by atoms with Crippen LogP contribution in [0.5, 0.6) is 5.75 Å². The van der Waals surface area contributed by atoms with Crippen LogP contribution in [0.15, 0.2) is 24.3 Å². The number of carbonyl (C=O) groups is 1. The number of carbonyl (C=O) groups excluding carboxylic acids is 1. The summed E-state index contributed by atoms with van der Waals surface area (Å²) in [6.07, 6.45) is 3.73. The Morgan fingerprint density at radius 1 is 1.40 bits per heavy atom. The Balaban J connectivity index is 1.83. The maximum Gasteiger partial charge on any atom is 0.260 e. The Kier molecular flexibility index (Phi) is 5.73.